The first-order valence-electron chi connectivity index (χ1n) is 12.9. The van der Waals surface area contributed by atoms with E-state index in [1.807, 2.05) is 48.5 Å². The fraction of sp³-hybridized carbons (Fsp3) is 0.300. The van der Waals surface area contributed by atoms with Gasteiger partial charge in [-0.2, -0.15) is 4.31 Å². The Morgan fingerprint density at radius 3 is 2.15 bits per heavy atom. The molecule has 39 heavy (non-hydrogen) atoms. The average Bonchev–Trinajstić information content (AvgIpc) is 2.97. The van der Waals surface area contributed by atoms with Gasteiger partial charge in [-0.3, -0.25) is 9.69 Å². The molecule has 0 aromatic heterocycles. The number of ether oxygens (including phenoxy) is 2. The van der Waals surface area contributed by atoms with Gasteiger partial charge in [0.25, 0.3) is 0 Å². The molecule has 0 aliphatic carbocycles. The molecule has 1 aliphatic rings. The number of amides is 1. The molecule has 3 aromatic rings. The van der Waals surface area contributed by atoms with E-state index in [2.05, 4.69) is 29.2 Å². The van der Waals surface area contributed by atoms with Crippen LogP contribution in [0.5, 0.6) is 11.5 Å². The minimum Gasteiger partial charge on any atom is -0.493 e. The van der Waals surface area contributed by atoms with Crippen molar-refractivity contribution < 1.29 is 22.7 Å². The third kappa shape index (κ3) is 7.47. The van der Waals surface area contributed by atoms with E-state index in [4.69, 9.17) is 9.47 Å². The van der Waals surface area contributed by atoms with Crippen LogP contribution in [0.15, 0.2) is 89.8 Å². The Morgan fingerprint density at radius 2 is 1.51 bits per heavy atom. The monoisotopic (exact) mass is 549 g/mol. The molecule has 3 aromatic carbocycles. The molecule has 0 atom stereocenters. The topological polar surface area (TPSA) is 79.4 Å². The highest BCUT2D eigenvalue weighted by molar-refractivity contribution is 7.89. The zero-order valence-electron chi connectivity index (χ0n) is 22.4. The Kier molecular flexibility index (Phi) is 9.75. The molecule has 1 heterocycles. The van der Waals surface area contributed by atoms with Crippen molar-refractivity contribution in [1.82, 2.24) is 14.1 Å². The number of carbonyl (C=O) groups excluding carboxylic acids is 1. The molecule has 206 valence electrons. The zero-order valence-corrected chi connectivity index (χ0v) is 23.2. The van der Waals surface area contributed by atoms with E-state index in [9.17, 15) is 13.2 Å². The quantitative estimate of drug-likeness (QED) is 0.363. The third-order valence-corrected chi connectivity index (χ3v) is 8.49. The van der Waals surface area contributed by atoms with Crippen LogP contribution in [0.1, 0.15) is 11.1 Å². The molecule has 0 spiro atoms. The Balaban J connectivity index is 1.44. The number of rotatable bonds is 11. The number of hydrogen-bond donors (Lipinski definition) is 0. The molecule has 0 radical (unpaired) electrons. The summed E-state index contributed by atoms with van der Waals surface area (Å²) in [5, 5.41) is 0. The Bertz CT molecular complexity index is 1360. The molecule has 0 saturated carbocycles. The number of methoxy groups -OCH3 is 2. The number of carbonyl (C=O) groups is 1. The fourth-order valence-electron chi connectivity index (χ4n) is 4.47. The van der Waals surface area contributed by atoms with Crippen LogP contribution in [-0.2, 0) is 21.4 Å². The van der Waals surface area contributed by atoms with Crippen molar-refractivity contribution in [2.75, 3.05) is 53.5 Å². The second-order valence-corrected chi connectivity index (χ2v) is 11.2. The van der Waals surface area contributed by atoms with Gasteiger partial charge in [-0.25, -0.2) is 8.42 Å². The molecule has 9 heteroatoms. The van der Waals surface area contributed by atoms with Crippen molar-refractivity contribution in [2.24, 2.45) is 0 Å². The van der Waals surface area contributed by atoms with E-state index in [-0.39, 0.29) is 23.9 Å². The van der Waals surface area contributed by atoms with Gasteiger partial charge in [0.2, 0.25) is 15.9 Å². The predicted octanol–water partition coefficient (Wildman–Crippen LogP) is 3.75. The van der Waals surface area contributed by atoms with Crippen molar-refractivity contribution in [3.05, 3.63) is 96.1 Å². The highest BCUT2D eigenvalue weighted by atomic mass is 32.2. The van der Waals surface area contributed by atoms with Gasteiger partial charge in [-0.05, 0) is 23.3 Å². The predicted molar refractivity (Wildman–Crippen MR) is 152 cm³/mol. The van der Waals surface area contributed by atoms with Gasteiger partial charge in [0.1, 0.15) is 0 Å². The van der Waals surface area contributed by atoms with Crippen molar-refractivity contribution >= 4 is 22.0 Å². The van der Waals surface area contributed by atoms with Crippen LogP contribution in [0.25, 0.3) is 6.08 Å². The Morgan fingerprint density at radius 1 is 0.872 bits per heavy atom. The van der Waals surface area contributed by atoms with E-state index in [0.29, 0.717) is 24.6 Å². The van der Waals surface area contributed by atoms with Gasteiger partial charge in [-0.15, -0.1) is 0 Å². The maximum absolute atomic E-state index is 13.8. The first-order valence-corrected chi connectivity index (χ1v) is 14.3. The maximum Gasteiger partial charge on any atom is 0.243 e. The van der Waals surface area contributed by atoms with Crippen LogP contribution in [0, 0.1) is 0 Å². The molecule has 4 rings (SSSR count). The number of sulfonamides is 1. The van der Waals surface area contributed by atoms with Crippen LogP contribution in [0.4, 0.5) is 0 Å². The molecule has 0 bridgehead atoms. The van der Waals surface area contributed by atoms with E-state index in [0.717, 1.165) is 30.8 Å². The number of piperazine rings is 1. The van der Waals surface area contributed by atoms with Crippen LogP contribution in [0.2, 0.25) is 0 Å². The van der Waals surface area contributed by atoms with Crippen LogP contribution >= 0.6 is 0 Å². The number of benzene rings is 3. The maximum atomic E-state index is 13.8. The molecule has 1 aliphatic heterocycles. The normalized spacial score (nSPS) is 14.6. The average molecular weight is 550 g/mol. The second-order valence-electron chi connectivity index (χ2n) is 9.27. The van der Waals surface area contributed by atoms with E-state index < -0.39 is 10.0 Å². The largest absolute Gasteiger partial charge is 0.493 e. The molecule has 8 nitrogen and oxygen atoms in total. The zero-order chi connectivity index (χ0) is 27.7. The molecule has 1 amide bonds. The van der Waals surface area contributed by atoms with Crippen LogP contribution in [-0.4, -0.2) is 81.9 Å². The van der Waals surface area contributed by atoms with Crippen molar-refractivity contribution in [2.45, 2.75) is 11.4 Å². The Labute approximate surface area is 231 Å². The minimum absolute atomic E-state index is 0.0407. The third-order valence-electron chi connectivity index (χ3n) is 6.70. The molecule has 0 unspecified atom stereocenters. The number of hydrogen-bond acceptors (Lipinski definition) is 6. The molecular formula is C30H35N3O5S. The minimum atomic E-state index is -4.01. The standard InChI is InChI=1S/C30H35N3O5S/c1-37-28-16-15-27(22-29(28)38-2)39(35,36)33(23-26-12-7-4-8-13-26)24-30(34)32-20-18-31(19-21-32)17-9-14-25-10-5-3-6-11-25/h3-16,22H,17-21,23-24H2,1-2H3/b14-9+. The lowest BCUT2D eigenvalue weighted by Crippen LogP contribution is -2.51. The van der Waals surface area contributed by atoms with Crippen molar-refractivity contribution in [3.63, 3.8) is 0 Å². The smallest absolute Gasteiger partial charge is 0.243 e. The van der Waals surface area contributed by atoms with E-state index in [1.165, 1.54) is 30.7 Å². The van der Waals surface area contributed by atoms with Gasteiger partial charge in [-0.1, -0.05) is 72.8 Å². The summed E-state index contributed by atoms with van der Waals surface area (Å²) < 4.78 is 39.3. The van der Waals surface area contributed by atoms with Crippen molar-refractivity contribution in [3.8, 4) is 11.5 Å². The first-order chi connectivity index (χ1) is 18.9. The van der Waals surface area contributed by atoms with E-state index in [1.54, 1.807) is 11.0 Å². The molecule has 0 N–H and O–H groups in total. The molecule has 1 saturated heterocycles. The summed E-state index contributed by atoms with van der Waals surface area (Å²) >= 11 is 0. The fourth-order valence-corrected chi connectivity index (χ4v) is 5.87. The highest BCUT2D eigenvalue weighted by Gasteiger charge is 2.30. The SMILES string of the molecule is COc1ccc(S(=O)(=O)N(CC(=O)N2CCN(C/C=C/c3ccccc3)CC2)Cc2ccccc2)cc1OC. The van der Waals surface area contributed by atoms with Gasteiger partial charge in [0, 0.05) is 45.3 Å². The van der Waals surface area contributed by atoms with E-state index >= 15 is 0 Å². The molecular weight excluding hydrogens is 514 g/mol. The highest BCUT2D eigenvalue weighted by Crippen LogP contribution is 2.31. The summed E-state index contributed by atoms with van der Waals surface area (Å²) in [5.74, 6) is 0.523. The van der Waals surface area contributed by atoms with Gasteiger partial charge in [0.15, 0.2) is 11.5 Å². The Hall–Kier alpha value is -3.66. The summed E-state index contributed by atoms with van der Waals surface area (Å²) in [6.45, 7) is 3.18. The summed E-state index contributed by atoms with van der Waals surface area (Å²) in [4.78, 5) is 17.4. The lowest BCUT2D eigenvalue weighted by atomic mass is 10.2. The van der Waals surface area contributed by atoms with Gasteiger partial charge >= 0.3 is 0 Å². The van der Waals surface area contributed by atoms with Gasteiger partial charge < -0.3 is 14.4 Å². The van der Waals surface area contributed by atoms with Crippen LogP contribution < -0.4 is 9.47 Å². The summed E-state index contributed by atoms with van der Waals surface area (Å²) in [5.41, 5.74) is 1.95. The first kappa shape index (κ1) is 28.4. The summed E-state index contributed by atoms with van der Waals surface area (Å²) in [6, 6.07) is 23.9. The summed E-state index contributed by atoms with van der Waals surface area (Å²) in [7, 11) is -1.06. The summed E-state index contributed by atoms with van der Waals surface area (Å²) in [6.07, 6.45) is 4.22. The van der Waals surface area contributed by atoms with Crippen molar-refractivity contribution in [1.29, 1.82) is 0 Å². The molecule has 1 fully saturated rings. The van der Waals surface area contributed by atoms with Crippen LogP contribution in [0.3, 0.4) is 0 Å². The number of nitrogens with zero attached hydrogens (tertiary/aromatic N) is 3. The lowest BCUT2D eigenvalue weighted by molar-refractivity contribution is -0.133. The van der Waals surface area contributed by atoms with Gasteiger partial charge in [0.05, 0.1) is 25.7 Å². The second kappa shape index (κ2) is 13.4. The lowest BCUT2D eigenvalue weighted by Gasteiger charge is -2.35.